The number of pyridine rings is 1. The van der Waals surface area contributed by atoms with Crippen LogP contribution >= 0.6 is 11.6 Å². The SMILES string of the molecule is C#CCNC(=O)c1ccncc1Cl. The number of hydrogen-bond donors (Lipinski definition) is 1. The minimum atomic E-state index is -0.287. The van der Waals surface area contributed by atoms with Gasteiger partial charge >= 0.3 is 0 Å². The van der Waals surface area contributed by atoms with Crippen molar-refractivity contribution >= 4 is 17.5 Å². The van der Waals surface area contributed by atoms with E-state index in [4.69, 9.17) is 18.0 Å². The average molecular weight is 195 g/mol. The summed E-state index contributed by atoms with van der Waals surface area (Å²) in [4.78, 5) is 15.1. The summed E-state index contributed by atoms with van der Waals surface area (Å²) in [5, 5.41) is 2.82. The smallest absolute Gasteiger partial charge is 0.253 e. The molecule has 1 rings (SSSR count). The molecule has 1 aromatic heterocycles. The zero-order valence-electron chi connectivity index (χ0n) is 6.75. The highest BCUT2D eigenvalue weighted by atomic mass is 35.5. The molecular formula is C9H7ClN2O. The van der Waals surface area contributed by atoms with E-state index in [1.165, 1.54) is 18.5 Å². The van der Waals surface area contributed by atoms with Crippen molar-refractivity contribution in [2.24, 2.45) is 0 Å². The van der Waals surface area contributed by atoms with Crippen molar-refractivity contribution in [3.63, 3.8) is 0 Å². The Morgan fingerprint density at radius 3 is 3.15 bits per heavy atom. The van der Waals surface area contributed by atoms with Crippen LogP contribution in [0.2, 0.25) is 5.02 Å². The molecule has 0 aliphatic rings. The van der Waals surface area contributed by atoms with Gasteiger partial charge in [-0.1, -0.05) is 17.5 Å². The van der Waals surface area contributed by atoms with Gasteiger partial charge in [-0.25, -0.2) is 0 Å². The third-order valence-corrected chi connectivity index (χ3v) is 1.67. The maximum atomic E-state index is 11.3. The summed E-state index contributed by atoms with van der Waals surface area (Å²) in [6, 6.07) is 1.54. The van der Waals surface area contributed by atoms with E-state index in [1.54, 1.807) is 0 Å². The molecule has 0 spiro atoms. The lowest BCUT2D eigenvalue weighted by atomic mass is 10.2. The van der Waals surface area contributed by atoms with Crippen LogP contribution in [-0.4, -0.2) is 17.4 Å². The molecule has 0 radical (unpaired) electrons. The molecule has 0 saturated heterocycles. The molecule has 1 N–H and O–H groups in total. The predicted molar refractivity (Wildman–Crippen MR) is 50.4 cm³/mol. The van der Waals surface area contributed by atoms with Gasteiger partial charge in [0.2, 0.25) is 0 Å². The van der Waals surface area contributed by atoms with E-state index in [1.807, 2.05) is 0 Å². The first-order valence-electron chi connectivity index (χ1n) is 3.57. The van der Waals surface area contributed by atoms with Gasteiger partial charge in [-0.05, 0) is 6.07 Å². The third-order valence-electron chi connectivity index (χ3n) is 1.37. The molecule has 66 valence electrons. The van der Waals surface area contributed by atoms with Crippen LogP contribution in [0.3, 0.4) is 0 Å². The summed E-state index contributed by atoms with van der Waals surface area (Å²) in [5.41, 5.74) is 0.381. The van der Waals surface area contributed by atoms with Gasteiger partial charge in [0.25, 0.3) is 5.91 Å². The first-order valence-corrected chi connectivity index (χ1v) is 3.94. The second-order valence-corrected chi connectivity index (χ2v) is 2.65. The van der Waals surface area contributed by atoms with Crippen LogP contribution in [0.15, 0.2) is 18.5 Å². The van der Waals surface area contributed by atoms with Gasteiger partial charge in [-0.2, -0.15) is 0 Å². The zero-order valence-corrected chi connectivity index (χ0v) is 7.51. The van der Waals surface area contributed by atoms with Crippen molar-refractivity contribution in [1.29, 1.82) is 0 Å². The second-order valence-electron chi connectivity index (χ2n) is 2.24. The highest BCUT2D eigenvalue weighted by molar-refractivity contribution is 6.33. The molecule has 0 unspecified atom stereocenters. The molecule has 13 heavy (non-hydrogen) atoms. The highest BCUT2D eigenvalue weighted by Crippen LogP contribution is 2.12. The van der Waals surface area contributed by atoms with E-state index < -0.39 is 0 Å². The molecule has 0 fully saturated rings. The molecule has 4 heteroatoms. The lowest BCUT2D eigenvalue weighted by molar-refractivity contribution is 0.0959. The van der Waals surface area contributed by atoms with Crippen LogP contribution in [0.4, 0.5) is 0 Å². The van der Waals surface area contributed by atoms with Crippen molar-refractivity contribution in [3.05, 3.63) is 29.0 Å². The molecular weight excluding hydrogens is 188 g/mol. The Bertz CT molecular complexity index is 357. The fourth-order valence-corrected chi connectivity index (χ4v) is 0.991. The van der Waals surface area contributed by atoms with E-state index in [2.05, 4.69) is 16.2 Å². The average Bonchev–Trinajstić information content (AvgIpc) is 2.15. The summed E-state index contributed by atoms with van der Waals surface area (Å²) in [6.07, 6.45) is 7.89. The monoisotopic (exact) mass is 194 g/mol. The number of aromatic nitrogens is 1. The normalized spacial score (nSPS) is 8.92. The van der Waals surface area contributed by atoms with Gasteiger partial charge in [-0.3, -0.25) is 9.78 Å². The Hall–Kier alpha value is -1.53. The minimum absolute atomic E-state index is 0.192. The number of nitrogens with one attached hydrogen (secondary N) is 1. The number of hydrogen-bond acceptors (Lipinski definition) is 2. The first-order chi connectivity index (χ1) is 6.25. The van der Waals surface area contributed by atoms with Gasteiger partial charge in [0.15, 0.2) is 0 Å². The lowest BCUT2D eigenvalue weighted by Gasteiger charge is -2.02. The molecule has 0 aliphatic heterocycles. The van der Waals surface area contributed by atoms with E-state index in [0.717, 1.165) is 0 Å². The number of carbonyl (C=O) groups is 1. The van der Waals surface area contributed by atoms with Crippen molar-refractivity contribution in [2.45, 2.75) is 0 Å². The van der Waals surface area contributed by atoms with Crippen LogP contribution in [0.5, 0.6) is 0 Å². The molecule has 0 atom stereocenters. The van der Waals surface area contributed by atoms with Gasteiger partial charge in [0.1, 0.15) is 0 Å². The summed E-state index contributed by atoms with van der Waals surface area (Å²) in [5.74, 6) is 2.01. The molecule has 1 aromatic rings. The van der Waals surface area contributed by atoms with Crippen LogP contribution in [0, 0.1) is 12.3 Å². The van der Waals surface area contributed by atoms with Crippen LogP contribution < -0.4 is 5.32 Å². The molecule has 0 saturated carbocycles. The Kier molecular flexibility index (Phi) is 3.30. The summed E-state index contributed by atoms with van der Waals surface area (Å²) in [7, 11) is 0. The Labute approximate surface area is 81.1 Å². The van der Waals surface area contributed by atoms with Crippen LogP contribution in [-0.2, 0) is 0 Å². The fraction of sp³-hybridized carbons (Fsp3) is 0.111. The van der Waals surface area contributed by atoms with Gasteiger partial charge < -0.3 is 5.32 Å². The van der Waals surface area contributed by atoms with Crippen LogP contribution in [0.25, 0.3) is 0 Å². The van der Waals surface area contributed by atoms with Crippen LogP contribution in [0.1, 0.15) is 10.4 Å². The molecule has 0 bridgehead atoms. The minimum Gasteiger partial charge on any atom is -0.341 e. The third kappa shape index (κ3) is 2.46. The Balaban J connectivity index is 2.78. The number of halogens is 1. The van der Waals surface area contributed by atoms with Crippen molar-refractivity contribution < 1.29 is 4.79 Å². The largest absolute Gasteiger partial charge is 0.341 e. The number of carbonyl (C=O) groups excluding carboxylic acids is 1. The molecule has 3 nitrogen and oxygen atoms in total. The standard InChI is InChI=1S/C9H7ClN2O/c1-2-4-12-9(13)7-3-5-11-6-8(7)10/h1,3,5-6H,4H2,(H,12,13). The maximum absolute atomic E-state index is 11.3. The number of terminal acetylenes is 1. The predicted octanol–water partition coefficient (Wildman–Crippen LogP) is 1.10. The first kappa shape index (κ1) is 9.56. The summed E-state index contributed by atoms with van der Waals surface area (Å²) in [6.45, 7) is 0.192. The second kappa shape index (κ2) is 4.48. The van der Waals surface area contributed by atoms with E-state index >= 15 is 0 Å². The quantitative estimate of drug-likeness (QED) is 0.717. The summed E-state index contributed by atoms with van der Waals surface area (Å²) < 4.78 is 0. The van der Waals surface area contributed by atoms with Gasteiger partial charge in [0.05, 0.1) is 17.1 Å². The topological polar surface area (TPSA) is 42.0 Å². The zero-order chi connectivity index (χ0) is 9.68. The molecule has 0 aliphatic carbocycles. The van der Waals surface area contributed by atoms with Gasteiger partial charge in [-0.15, -0.1) is 6.42 Å². The van der Waals surface area contributed by atoms with Crippen molar-refractivity contribution in [3.8, 4) is 12.3 Å². The fourth-order valence-electron chi connectivity index (χ4n) is 0.786. The number of rotatable bonds is 2. The lowest BCUT2D eigenvalue weighted by Crippen LogP contribution is -2.23. The van der Waals surface area contributed by atoms with Gasteiger partial charge in [0, 0.05) is 12.4 Å². The molecule has 0 aromatic carbocycles. The van der Waals surface area contributed by atoms with E-state index in [-0.39, 0.29) is 12.5 Å². The van der Waals surface area contributed by atoms with E-state index in [9.17, 15) is 4.79 Å². The maximum Gasteiger partial charge on any atom is 0.253 e. The highest BCUT2D eigenvalue weighted by Gasteiger charge is 2.07. The van der Waals surface area contributed by atoms with Crippen molar-refractivity contribution in [1.82, 2.24) is 10.3 Å². The summed E-state index contributed by atoms with van der Waals surface area (Å²) >= 11 is 5.72. The van der Waals surface area contributed by atoms with Crippen molar-refractivity contribution in [2.75, 3.05) is 6.54 Å². The Morgan fingerprint density at radius 2 is 2.54 bits per heavy atom. The molecule has 1 heterocycles. The number of nitrogens with zero attached hydrogens (tertiary/aromatic N) is 1. The molecule has 1 amide bonds. The Morgan fingerprint density at radius 1 is 1.77 bits per heavy atom. The number of amides is 1. The van der Waals surface area contributed by atoms with E-state index in [0.29, 0.717) is 10.6 Å².